The van der Waals surface area contributed by atoms with Gasteiger partial charge in [0, 0.05) is 17.1 Å². The predicted octanol–water partition coefficient (Wildman–Crippen LogP) is 5.03. The number of benzene rings is 3. The van der Waals surface area contributed by atoms with Gasteiger partial charge in [0.1, 0.15) is 12.4 Å². The highest BCUT2D eigenvalue weighted by Crippen LogP contribution is 2.31. The van der Waals surface area contributed by atoms with Crippen LogP contribution >= 0.6 is 0 Å². The zero-order chi connectivity index (χ0) is 19.6. The van der Waals surface area contributed by atoms with Gasteiger partial charge in [-0.25, -0.2) is 8.42 Å². The van der Waals surface area contributed by atoms with E-state index in [4.69, 9.17) is 4.74 Å². The van der Waals surface area contributed by atoms with Crippen LogP contribution in [0, 0.1) is 6.92 Å². The van der Waals surface area contributed by atoms with Crippen LogP contribution in [-0.2, 0) is 22.2 Å². The Morgan fingerprint density at radius 2 is 1.64 bits per heavy atom. The summed E-state index contributed by atoms with van der Waals surface area (Å²) in [5, 5.41) is 0.814. The zero-order valence-electron chi connectivity index (χ0n) is 15.6. The van der Waals surface area contributed by atoms with Crippen LogP contribution in [0.25, 0.3) is 10.9 Å². The van der Waals surface area contributed by atoms with Gasteiger partial charge in [0.05, 0.1) is 10.6 Å². The lowest BCUT2D eigenvalue weighted by Crippen LogP contribution is -2.05. The van der Waals surface area contributed by atoms with Crippen molar-refractivity contribution in [3.8, 4) is 5.75 Å². The molecule has 0 saturated carbocycles. The van der Waals surface area contributed by atoms with Crippen LogP contribution in [0.2, 0.25) is 0 Å². The van der Waals surface area contributed by atoms with E-state index in [1.807, 2.05) is 67.6 Å². The molecule has 0 unspecified atom stereocenters. The van der Waals surface area contributed by atoms with E-state index in [2.05, 4.69) is 4.98 Å². The van der Waals surface area contributed by atoms with Gasteiger partial charge >= 0.3 is 0 Å². The predicted molar refractivity (Wildman–Crippen MR) is 111 cm³/mol. The molecule has 0 aliphatic heterocycles. The van der Waals surface area contributed by atoms with E-state index >= 15 is 0 Å². The molecule has 0 bridgehead atoms. The summed E-state index contributed by atoms with van der Waals surface area (Å²) in [4.78, 5) is 3.49. The van der Waals surface area contributed by atoms with E-state index in [0.29, 0.717) is 22.8 Å². The fourth-order valence-corrected chi connectivity index (χ4v) is 4.58. The molecule has 0 spiro atoms. The first-order valence-corrected chi connectivity index (χ1v) is 10.7. The average molecular weight is 391 g/mol. The molecule has 0 amide bonds. The van der Waals surface area contributed by atoms with E-state index in [1.54, 1.807) is 18.3 Å². The topological polar surface area (TPSA) is 59.2 Å². The molecule has 0 atom stereocenters. The Morgan fingerprint density at radius 3 is 2.39 bits per heavy atom. The highest BCUT2D eigenvalue weighted by atomic mass is 32.2. The second-order valence-electron chi connectivity index (χ2n) is 6.84. The van der Waals surface area contributed by atoms with Gasteiger partial charge in [-0.2, -0.15) is 0 Å². The molecule has 28 heavy (non-hydrogen) atoms. The highest BCUT2D eigenvalue weighted by Gasteiger charge is 2.19. The SMILES string of the molecule is Cc1ccc(S(=O)(=O)Cc2c[nH]c3cccc(OCc4ccccc4)c23)cc1. The van der Waals surface area contributed by atoms with Crippen molar-refractivity contribution in [3.63, 3.8) is 0 Å². The Morgan fingerprint density at radius 1 is 0.893 bits per heavy atom. The first kappa shape index (κ1) is 18.3. The number of fused-ring (bicyclic) bond motifs is 1. The van der Waals surface area contributed by atoms with Crippen LogP contribution in [0.15, 0.2) is 83.9 Å². The Bertz CT molecular complexity index is 1190. The molecule has 0 radical (unpaired) electrons. The van der Waals surface area contributed by atoms with Gasteiger partial charge in [-0.1, -0.05) is 54.1 Å². The number of aryl methyl sites for hydroxylation is 1. The molecular weight excluding hydrogens is 370 g/mol. The van der Waals surface area contributed by atoms with Crippen LogP contribution < -0.4 is 4.74 Å². The molecule has 4 nitrogen and oxygen atoms in total. The van der Waals surface area contributed by atoms with Crippen molar-refractivity contribution >= 4 is 20.7 Å². The van der Waals surface area contributed by atoms with Crippen molar-refractivity contribution in [2.75, 3.05) is 0 Å². The smallest absolute Gasteiger partial charge is 0.182 e. The molecule has 142 valence electrons. The monoisotopic (exact) mass is 391 g/mol. The fraction of sp³-hybridized carbons (Fsp3) is 0.130. The lowest BCUT2D eigenvalue weighted by molar-refractivity contribution is 0.310. The van der Waals surface area contributed by atoms with Gasteiger partial charge in [-0.3, -0.25) is 0 Å². The average Bonchev–Trinajstić information content (AvgIpc) is 3.10. The summed E-state index contributed by atoms with van der Waals surface area (Å²) < 4.78 is 31.8. The van der Waals surface area contributed by atoms with Crippen LogP contribution in [0.4, 0.5) is 0 Å². The standard InChI is InChI=1S/C23H21NO3S/c1-17-10-12-20(13-11-17)28(25,26)16-19-14-24-21-8-5-9-22(23(19)21)27-15-18-6-3-2-4-7-18/h2-14,24H,15-16H2,1H3. The minimum atomic E-state index is -3.45. The molecule has 0 saturated heterocycles. The third kappa shape index (κ3) is 3.80. The Labute approximate surface area is 164 Å². The Balaban J connectivity index is 1.65. The largest absolute Gasteiger partial charge is 0.488 e. The molecule has 1 N–H and O–H groups in total. The second-order valence-corrected chi connectivity index (χ2v) is 8.83. The van der Waals surface area contributed by atoms with Crippen molar-refractivity contribution in [2.45, 2.75) is 24.2 Å². The number of rotatable bonds is 6. The molecular formula is C23H21NO3S. The molecule has 5 heteroatoms. The number of hydrogen-bond donors (Lipinski definition) is 1. The number of nitrogens with one attached hydrogen (secondary N) is 1. The third-order valence-electron chi connectivity index (χ3n) is 4.71. The van der Waals surface area contributed by atoms with Crippen molar-refractivity contribution in [3.05, 3.63) is 95.7 Å². The number of sulfone groups is 1. The summed E-state index contributed by atoms with van der Waals surface area (Å²) in [6.07, 6.45) is 1.76. The lowest BCUT2D eigenvalue weighted by atomic mass is 10.1. The maximum absolute atomic E-state index is 12.9. The zero-order valence-corrected chi connectivity index (χ0v) is 16.4. The quantitative estimate of drug-likeness (QED) is 0.501. The summed E-state index contributed by atoms with van der Waals surface area (Å²) in [6, 6.07) is 22.5. The summed E-state index contributed by atoms with van der Waals surface area (Å²) >= 11 is 0. The van der Waals surface area contributed by atoms with E-state index in [0.717, 1.165) is 22.0 Å². The molecule has 3 aromatic carbocycles. The molecule has 0 fully saturated rings. The number of H-pyrrole nitrogens is 1. The summed E-state index contributed by atoms with van der Waals surface area (Å²) in [5.74, 6) is 0.596. The molecule has 4 aromatic rings. The van der Waals surface area contributed by atoms with Crippen molar-refractivity contribution in [1.82, 2.24) is 4.98 Å². The van der Waals surface area contributed by atoms with E-state index in [-0.39, 0.29) is 5.75 Å². The summed E-state index contributed by atoms with van der Waals surface area (Å²) in [7, 11) is -3.45. The Kier molecular flexibility index (Phi) is 4.92. The molecule has 4 rings (SSSR count). The number of ether oxygens (including phenoxy) is 1. The van der Waals surface area contributed by atoms with Crippen molar-refractivity contribution in [2.24, 2.45) is 0 Å². The van der Waals surface area contributed by atoms with Crippen LogP contribution in [0.1, 0.15) is 16.7 Å². The highest BCUT2D eigenvalue weighted by molar-refractivity contribution is 7.90. The minimum absolute atomic E-state index is 0.0816. The summed E-state index contributed by atoms with van der Waals surface area (Å²) in [6.45, 7) is 2.36. The normalized spacial score (nSPS) is 11.6. The van der Waals surface area contributed by atoms with Gasteiger partial charge in [0.2, 0.25) is 0 Å². The van der Waals surface area contributed by atoms with Crippen LogP contribution in [0.3, 0.4) is 0 Å². The van der Waals surface area contributed by atoms with E-state index in [1.165, 1.54) is 0 Å². The first-order valence-electron chi connectivity index (χ1n) is 9.08. The lowest BCUT2D eigenvalue weighted by Gasteiger charge is -2.10. The Hall–Kier alpha value is -3.05. The molecule has 1 heterocycles. The number of hydrogen-bond acceptors (Lipinski definition) is 3. The van der Waals surface area contributed by atoms with Gasteiger partial charge < -0.3 is 9.72 Å². The second kappa shape index (κ2) is 7.52. The van der Waals surface area contributed by atoms with Crippen LogP contribution in [-0.4, -0.2) is 13.4 Å². The van der Waals surface area contributed by atoms with Gasteiger partial charge in [0.15, 0.2) is 9.84 Å². The first-order chi connectivity index (χ1) is 13.5. The molecule has 1 aromatic heterocycles. The summed E-state index contributed by atoms with van der Waals surface area (Å²) in [5.41, 5.74) is 3.66. The molecule has 0 aliphatic carbocycles. The third-order valence-corrected chi connectivity index (χ3v) is 6.39. The van der Waals surface area contributed by atoms with E-state index in [9.17, 15) is 8.42 Å². The van der Waals surface area contributed by atoms with Crippen LogP contribution in [0.5, 0.6) is 5.75 Å². The number of aromatic nitrogens is 1. The van der Waals surface area contributed by atoms with Gasteiger partial charge in [-0.05, 0) is 42.3 Å². The number of aromatic amines is 1. The van der Waals surface area contributed by atoms with Gasteiger partial charge in [-0.15, -0.1) is 0 Å². The minimum Gasteiger partial charge on any atom is -0.488 e. The maximum atomic E-state index is 12.9. The molecule has 0 aliphatic rings. The maximum Gasteiger partial charge on any atom is 0.182 e. The fourth-order valence-electron chi connectivity index (χ4n) is 3.22. The van der Waals surface area contributed by atoms with E-state index < -0.39 is 9.84 Å². The van der Waals surface area contributed by atoms with Crippen molar-refractivity contribution < 1.29 is 13.2 Å². The van der Waals surface area contributed by atoms with Crippen molar-refractivity contribution in [1.29, 1.82) is 0 Å². The van der Waals surface area contributed by atoms with Gasteiger partial charge in [0.25, 0.3) is 0 Å².